The van der Waals surface area contributed by atoms with Gasteiger partial charge in [0.1, 0.15) is 11.3 Å². The number of aliphatic imine (C=N–C) groups is 1. The molecule has 1 spiro atoms. The number of fused-ring (bicyclic) bond motifs is 1. The zero-order valence-corrected chi connectivity index (χ0v) is 23.1. The number of benzene rings is 1. The van der Waals surface area contributed by atoms with Crippen molar-refractivity contribution >= 4 is 39.6 Å². The number of carbonyl (C=O) groups is 3. The van der Waals surface area contributed by atoms with Crippen LogP contribution in [-0.2, 0) is 27.2 Å². The lowest BCUT2D eigenvalue weighted by molar-refractivity contribution is -0.137. The van der Waals surface area contributed by atoms with E-state index in [0.717, 1.165) is 30.5 Å². The number of rotatable bonds is 6. The molecule has 0 bridgehead atoms. The highest BCUT2D eigenvalue weighted by molar-refractivity contribution is 7.91. The van der Waals surface area contributed by atoms with Crippen LogP contribution in [0.5, 0.6) is 0 Å². The summed E-state index contributed by atoms with van der Waals surface area (Å²) < 4.78 is 63.3. The molecule has 42 heavy (non-hydrogen) atoms. The number of halogens is 3. The van der Waals surface area contributed by atoms with Crippen LogP contribution < -0.4 is 10.6 Å². The number of nitrogens with zero attached hydrogens (tertiary/aromatic N) is 5. The van der Waals surface area contributed by atoms with E-state index in [1.54, 1.807) is 25.4 Å². The Morgan fingerprint density at radius 2 is 1.86 bits per heavy atom. The van der Waals surface area contributed by atoms with E-state index in [0.29, 0.717) is 5.56 Å². The maximum Gasteiger partial charge on any atom is 0.416 e. The van der Waals surface area contributed by atoms with Gasteiger partial charge in [-0.3, -0.25) is 19.4 Å². The lowest BCUT2D eigenvalue weighted by atomic mass is 9.80. The van der Waals surface area contributed by atoms with Crippen molar-refractivity contribution in [1.29, 1.82) is 0 Å². The highest BCUT2D eigenvalue weighted by Crippen LogP contribution is 2.36. The Morgan fingerprint density at radius 1 is 1.17 bits per heavy atom. The van der Waals surface area contributed by atoms with Crippen LogP contribution in [0, 0.1) is 0 Å². The SMILES string of the molecule is CN=Cc1ccc(-n2nc3c(c2NC(=O)CS(C)(=O)=O)C(=O)NC2(C3)CN(C(=O)c3ccc(C(F)(F)F)cc3)C2)nc1. The lowest BCUT2D eigenvalue weighted by Crippen LogP contribution is -2.73. The van der Waals surface area contributed by atoms with E-state index in [4.69, 9.17) is 0 Å². The molecule has 0 radical (unpaired) electrons. The van der Waals surface area contributed by atoms with E-state index in [1.807, 2.05) is 0 Å². The van der Waals surface area contributed by atoms with Gasteiger partial charge in [0.2, 0.25) is 5.91 Å². The van der Waals surface area contributed by atoms with Crippen LogP contribution >= 0.6 is 0 Å². The maximum absolute atomic E-state index is 13.4. The molecule has 0 aliphatic carbocycles. The Labute approximate surface area is 237 Å². The van der Waals surface area contributed by atoms with Gasteiger partial charge < -0.3 is 15.5 Å². The van der Waals surface area contributed by atoms with Crippen LogP contribution in [0.25, 0.3) is 5.82 Å². The van der Waals surface area contributed by atoms with Crippen molar-refractivity contribution in [1.82, 2.24) is 25.0 Å². The van der Waals surface area contributed by atoms with Crippen molar-refractivity contribution in [3.05, 3.63) is 70.5 Å². The summed E-state index contributed by atoms with van der Waals surface area (Å²) in [6.07, 6.45) is -0.387. The first-order chi connectivity index (χ1) is 19.7. The number of carbonyl (C=O) groups excluding carboxylic acids is 3. The van der Waals surface area contributed by atoms with E-state index in [1.165, 1.54) is 15.8 Å². The van der Waals surface area contributed by atoms with Gasteiger partial charge in [0.15, 0.2) is 21.5 Å². The number of nitrogens with one attached hydrogen (secondary N) is 2. The van der Waals surface area contributed by atoms with Crippen molar-refractivity contribution < 1.29 is 36.0 Å². The van der Waals surface area contributed by atoms with Crippen molar-refractivity contribution in [3.8, 4) is 5.82 Å². The van der Waals surface area contributed by atoms with Gasteiger partial charge in [0.25, 0.3) is 11.8 Å². The molecule has 0 atom stereocenters. The minimum atomic E-state index is -4.53. The number of hydrogen-bond donors (Lipinski definition) is 2. The average molecular weight is 604 g/mol. The molecule has 220 valence electrons. The summed E-state index contributed by atoms with van der Waals surface area (Å²) in [7, 11) is -2.08. The van der Waals surface area contributed by atoms with Crippen LogP contribution in [0.3, 0.4) is 0 Å². The average Bonchev–Trinajstić information content (AvgIpc) is 3.24. The maximum atomic E-state index is 13.4. The van der Waals surface area contributed by atoms with Gasteiger partial charge in [0, 0.05) is 56.4 Å². The predicted molar refractivity (Wildman–Crippen MR) is 144 cm³/mol. The molecule has 4 heterocycles. The molecular weight excluding hydrogens is 579 g/mol. The van der Waals surface area contributed by atoms with Crippen LogP contribution in [-0.4, -0.2) is 89.7 Å². The van der Waals surface area contributed by atoms with E-state index < -0.39 is 50.6 Å². The Hall–Kier alpha value is -4.60. The normalized spacial score (nSPS) is 16.2. The Bertz CT molecular complexity index is 1710. The lowest BCUT2D eigenvalue weighted by Gasteiger charge is -2.51. The number of sulfone groups is 1. The van der Waals surface area contributed by atoms with Crippen LogP contribution in [0.15, 0.2) is 47.6 Å². The summed E-state index contributed by atoms with van der Waals surface area (Å²) in [5.41, 5.74) is -0.697. The Kier molecular flexibility index (Phi) is 7.12. The molecule has 2 aliphatic rings. The van der Waals surface area contributed by atoms with Crippen molar-refractivity contribution in [2.24, 2.45) is 4.99 Å². The van der Waals surface area contributed by atoms with Gasteiger partial charge in [-0.25, -0.2) is 13.4 Å². The van der Waals surface area contributed by atoms with Crippen molar-refractivity contribution in [3.63, 3.8) is 0 Å². The summed E-state index contributed by atoms with van der Waals surface area (Å²) in [5, 5.41) is 9.86. The molecule has 16 heteroatoms. The first kappa shape index (κ1) is 28.9. The Morgan fingerprint density at radius 3 is 2.43 bits per heavy atom. The molecule has 0 saturated carbocycles. The summed E-state index contributed by atoms with van der Waals surface area (Å²) in [4.78, 5) is 48.5. The van der Waals surface area contributed by atoms with Gasteiger partial charge in [-0.2, -0.15) is 23.0 Å². The van der Waals surface area contributed by atoms with Gasteiger partial charge in [0.05, 0.1) is 16.8 Å². The topological polar surface area (TPSA) is 156 Å². The highest BCUT2D eigenvalue weighted by Gasteiger charge is 2.51. The van der Waals surface area contributed by atoms with Gasteiger partial charge in [-0.1, -0.05) is 0 Å². The smallest absolute Gasteiger partial charge is 0.342 e. The standard InChI is InChI=1S/C26H24F3N7O5S/c1-30-10-15-3-8-19(31-11-15)36-22(32-20(37)12-42(2,40)41)21-18(34-36)9-25(33-23(21)38)13-35(14-25)24(39)16-4-6-17(7-5-16)26(27,28)29/h3-8,10-11H,9,12-14H2,1-2H3,(H,32,37)(H,33,38). The van der Waals surface area contributed by atoms with Gasteiger partial charge in [-0.15, -0.1) is 0 Å². The number of likely N-dealkylation sites (tertiary alicyclic amines) is 1. The van der Waals surface area contributed by atoms with E-state index in [2.05, 4.69) is 25.7 Å². The molecule has 5 rings (SSSR count). The molecule has 2 N–H and O–H groups in total. The zero-order chi connectivity index (χ0) is 30.4. The second kappa shape index (κ2) is 10.3. The van der Waals surface area contributed by atoms with Crippen LogP contribution in [0.1, 0.15) is 37.5 Å². The number of alkyl halides is 3. The molecule has 1 fully saturated rings. The molecule has 2 aliphatic heterocycles. The third-order valence-corrected chi connectivity index (χ3v) is 7.51. The molecule has 3 aromatic rings. The molecule has 2 aromatic heterocycles. The fourth-order valence-electron chi connectivity index (χ4n) is 4.93. The first-order valence-corrected chi connectivity index (χ1v) is 14.5. The summed E-state index contributed by atoms with van der Waals surface area (Å²) in [6, 6.07) is 7.15. The molecular formula is C26H24F3N7O5S. The first-order valence-electron chi connectivity index (χ1n) is 12.5. The number of aromatic nitrogens is 3. The van der Waals surface area contributed by atoms with E-state index >= 15 is 0 Å². The third kappa shape index (κ3) is 5.74. The Balaban J connectivity index is 1.41. The van der Waals surface area contributed by atoms with E-state index in [-0.39, 0.29) is 48.0 Å². The zero-order valence-electron chi connectivity index (χ0n) is 22.3. The minimum Gasteiger partial charge on any atom is -0.342 e. The molecule has 3 amide bonds. The van der Waals surface area contributed by atoms with Crippen molar-refractivity contribution in [2.75, 3.05) is 37.5 Å². The summed E-state index contributed by atoms with van der Waals surface area (Å²) in [6.45, 7) is 0.147. The van der Waals surface area contributed by atoms with Crippen LogP contribution in [0.4, 0.5) is 19.0 Å². The second-order valence-electron chi connectivity index (χ2n) is 10.2. The van der Waals surface area contributed by atoms with Gasteiger partial charge in [-0.05, 0) is 36.4 Å². The highest BCUT2D eigenvalue weighted by atomic mass is 32.2. The molecule has 12 nitrogen and oxygen atoms in total. The minimum absolute atomic E-state index is 0.0241. The van der Waals surface area contributed by atoms with Crippen LogP contribution in [0.2, 0.25) is 0 Å². The largest absolute Gasteiger partial charge is 0.416 e. The van der Waals surface area contributed by atoms with Crippen molar-refractivity contribution in [2.45, 2.75) is 18.1 Å². The number of anilines is 1. The van der Waals surface area contributed by atoms with Gasteiger partial charge >= 0.3 is 6.18 Å². The monoisotopic (exact) mass is 603 g/mol. The fourth-order valence-corrected chi connectivity index (χ4v) is 5.48. The second-order valence-corrected chi connectivity index (χ2v) is 12.3. The fraction of sp³-hybridized carbons (Fsp3) is 0.308. The summed E-state index contributed by atoms with van der Waals surface area (Å²) >= 11 is 0. The quantitative estimate of drug-likeness (QED) is 0.405. The number of hydrogen-bond acceptors (Lipinski definition) is 8. The van der Waals surface area contributed by atoms with E-state index in [9.17, 15) is 36.0 Å². The predicted octanol–water partition coefficient (Wildman–Crippen LogP) is 1.50. The number of pyridine rings is 1. The summed E-state index contributed by atoms with van der Waals surface area (Å²) in [5.74, 6) is -2.61. The molecule has 0 unspecified atom stereocenters. The number of amides is 3. The molecule has 1 aromatic carbocycles. The third-order valence-electron chi connectivity index (χ3n) is 6.72. The molecule has 1 saturated heterocycles.